The van der Waals surface area contributed by atoms with Gasteiger partial charge < -0.3 is 4.90 Å². The smallest absolute Gasteiger partial charge is 0.303 e. The molecule has 13 heteroatoms. The van der Waals surface area contributed by atoms with Crippen molar-refractivity contribution in [3.8, 4) is 11.1 Å². The Balaban J connectivity index is 1.41. The van der Waals surface area contributed by atoms with E-state index >= 15 is 0 Å². The molecule has 0 bridgehead atoms. The van der Waals surface area contributed by atoms with Crippen LogP contribution < -0.4 is 5.32 Å². The average molecular weight is 462 g/mol. The van der Waals surface area contributed by atoms with Crippen molar-refractivity contribution in [3.63, 3.8) is 0 Å². The Labute approximate surface area is 198 Å². The number of aromatic nitrogens is 4. The van der Waals surface area contributed by atoms with Crippen LogP contribution in [0.15, 0.2) is 36.8 Å². The molecule has 1 aromatic carbocycles. The van der Waals surface area contributed by atoms with Gasteiger partial charge in [0.1, 0.15) is 0 Å². The molecular formula is C21H20B3F3N6O. The number of nitrogens with one attached hydrogen (secondary N) is 1. The molecule has 0 saturated carbocycles. The van der Waals surface area contributed by atoms with Gasteiger partial charge in [-0.1, -0.05) is 12.1 Å². The summed E-state index contributed by atoms with van der Waals surface area (Å²) in [7, 11) is 17.0. The second-order valence-corrected chi connectivity index (χ2v) is 8.50. The number of nitrogens with zero attached hydrogens (tertiary/aromatic N) is 5. The number of alkyl halides is 3. The quantitative estimate of drug-likeness (QED) is 0.569. The second kappa shape index (κ2) is 9.44. The zero-order chi connectivity index (χ0) is 24.5. The van der Waals surface area contributed by atoms with E-state index in [-0.39, 0.29) is 24.3 Å². The zero-order valence-electron chi connectivity index (χ0n) is 18.3. The number of amides is 1. The molecule has 170 valence electrons. The number of hydrogen-bond donors (Lipinski definition) is 1. The molecule has 3 heterocycles. The summed E-state index contributed by atoms with van der Waals surface area (Å²) in [5, 5.41) is 5.96. The molecule has 1 amide bonds. The first-order valence-electron chi connectivity index (χ1n) is 10.8. The molecule has 2 aromatic heterocycles. The van der Waals surface area contributed by atoms with Gasteiger partial charge in [0.2, 0.25) is 11.9 Å². The first-order valence-corrected chi connectivity index (χ1v) is 10.8. The molecule has 1 N–H and O–H groups in total. The third-order valence-corrected chi connectivity index (χ3v) is 5.80. The highest BCUT2D eigenvalue weighted by Gasteiger charge is 2.30. The Morgan fingerprint density at radius 3 is 2.50 bits per heavy atom. The fraction of sp³-hybridized carbons (Fsp3) is 0.429. The third-order valence-electron chi connectivity index (χ3n) is 5.80. The van der Waals surface area contributed by atoms with Crippen molar-refractivity contribution in [2.75, 3.05) is 25.0 Å². The number of piperidine rings is 1. The number of carbonyl (C=O) groups excluding carboxylic acids is 1. The number of benzene rings is 1. The Bertz CT molecular complexity index is 1170. The summed E-state index contributed by atoms with van der Waals surface area (Å²) in [6, 6.07) is 5.52. The normalized spacial score (nSPS) is 16.1. The van der Waals surface area contributed by atoms with Crippen LogP contribution in [-0.4, -0.2) is 79.9 Å². The molecule has 0 aliphatic carbocycles. The molecule has 1 aliphatic rings. The van der Waals surface area contributed by atoms with Gasteiger partial charge in [-0.15, -0.1) is 0 Å². The van der Waals surface area contributed by atoms with E-state index in [2.05, 4.69) is 20.4 Å². The maximum atomic E-state index is 12.7. The number of likely N-dealkylation sites (tertiary alicyclic amines) is 1. The van der Waals surface area contributed by atoms with Crippen LogP contribution >= 0.6 is 0 Å². The van der Waals surface area contributed by atoms with Crippen LogP contribution in [0.5, 0.6) is 0 Å². The lowest BCUT2D eigenvalue weighted by Crippen LogP contribution is -2.39. The lowest BCUT2D eigenvalue weighted by atomic mass is 9.49. The van der Waals surface area contributed by atoms with E-state index in [0.29, 0.717) is 31.4 Å². The summed E-state index contributed by atoms with van der Waals surface area (Å²) >= 11 is 0. The number of hydrogen-bond acceptors (Lipinski definition) is 5. The van der Waals surface area contributed by atoms with E-state index in [1.54, 1.807) is 23.5 Å². The summed E-state index contributed by atoms with van der Waals surface area (Å²) in [6.07, 6.45) is 0.747. The SMILES string of the molecule is [B]C([B])([B])n1cc(-c2ccc3cnc(NC(=O)C4CCN(CCC(F)(F)F)CC4)nc3c2)cn1. The fourth-order valence-corrected chi connectivity index (χ4v) is 3.86. The Kier molecular flexibility index (Phi) is 6.75. The van der Waals surface area contributed by atoms with Gasteiger partial charge in [0.25, 0.3) is 0 Å². The molecule has 3 aromatic rings. The molecule has 0 unspecified atom stereocenters. The van der Waals surface area contributed by atoms with Crippen molar-refractivity contribution in [1.82, 2.24) is 24.6 Å². The van der Waals surface area contributed by atoms with Gasteiger partial charge in [-0.25, -0.2) is 9.97 Å². The van der Waals surface area contributed by atoms with E-state index in [4.69, 9.17) is 23.5 Å². The van der Waals surface area contributed by atoms with Gasteiger partial charge in [-0.2, -0.15) is 18.3 Å². The highest BCUT2D eigenvalue weighted by atomic mass is 19.4. The van der Waals surface area contributed by atoms with E-state index < -0.39 is 17.8 Å². The molecule has 1 aliphatic heterocycles. The van der Waals surface area contributed by atoms with Crippen molar-refractivity contribution >= 4 is 46.3 Å². The van der Waals surface area contributed by atoms with Gasteiger partial charge in [-0.05, 0) is 42.8 Å². The van der Waals surface area contributed by atoms with E-state index in [1.165, 1.54) is 4.68 Å². The molecule has 0 atom stereocenters. The largest absolute Gasteiger partial charge is 0.390 e. The fourth-order valence-electron chi connectivity index (χ4n) is 3.86. The predicted molar refractivity (Wildman–Crippen MR) is 124 cm³/mol. The van der Waals surface area contributed by atoms with Crippen LogP contribution in [0, 0.1) is 5.92 Å². The maximum absolute atomic E-state index is 12.7. The van der Waals surface area contributed by atoms with E-state index in [1.807, 2.05) is 18.2 Å². The van der Waals surface area contributed by atoms with Crippen molar-refractivity contribution < 1.29 is 18.0 Å². The van der Waals surface area contributed by atoms with Gasteiger partial charge in [0.15, 0.2) is 0 Å². The molecular weight excluding hydrogens is 442 g/mol. The van der Waals surface area contributed by atoms with Gasteiger partial charge in [0.05, 0.1) is 41.7 Å². The van der Waals surface area contributed by atoms with Crippen molar-refractivity contribution in [2.45, 2.75) is 30.7 Å². The lowest BCUT2D eigenvalue weighted by Gasteiger charge is -2.31. The number of rotatable bonds is 6. The monoisotopic (exact) mass is 462 g/mol. The topological polar surface area (TPSA) is 75.9 Å². The molecule has 6 radical (unpaired) electrons. The van der Waals surface area contributed by atoms with Crippen LogP contribution in [0.1, 0.15) is 19.3 Å². The second-order valence-electron chi connectivity index (χ2n) is 8.50. The number of fused-ring (bicyclic) bond motifs is 1. The summed E-state index contributed by atoms with van der Waals surface area (Å²) < 4.78 is 38.5. The molecule has 1 fully saturated rings. The number of carbonyl (C=O) groups is 1. The molecule has 1 saturated heterocycles. The summed E-state index contributed by atoms with van der Waals surface area (Å²) in [6.45, 7) is 0.842. The Morgan fingerprint density at radius 1 is 1.12 bits per heavy atom. The van der Waals surface area contributed by atoms with Gasteiger partial charge >= 0.3 is 6.18 Å². The third kappa shape index (κ3) is 6.00. The van der Waals surface area contributed by atoms with Crippen molar-refractivity contribution in [2.24, 2.45) is 5.92 Å². The minimum absolute atomic E-state index is 0.0459. The van der Waals surface area contributed by atoms with Crippen molar-refractivity contribution in [3.05, 3.63) is 36.8 Å². The molecule has 0 spiro atoms. The van der Waals surface area contributed by atoms with Crippen LogP contribution in [-0.2, 0) is 10.0 Å². The average Bonchev–Trinajstić information content (AvgIpc) is 3.28. The van der Waals surface area contributed by atoms with Gasteiger partial charge in [-0.3, -0.25) is 14.8 Å². The minimum Gasteiger partial charge on any atom is -0.303 e. The van der Waals surface area contributed by atoms with Crippen LogP contribution in [0.3, 0.4) is 0 Å². The van der Waals surface area contributed by atoms with Gasteiger partial charge in [0, 0.05) is 35.8 Å². The van der Waals surface area contributed by atoms with Crippen molar-refractivity contribution in [1.29, 1.82) is 0 Å². The standard InChI is InChI=1S/C21H20B3F3N6O/c22-21(23,24)33-12-16(11-29-33)14-1-2-15-10-28-19(30-17(15)9-14)31-18(34)13-3-6-32(7-4-13)8-5-20(25,26)27/h1-2,9-13H,3-8H2,(H,28,30,31,34). The maximum Gasteiger partial charge on any atom is 0.390 e. The number of halogens is 3. The van der Waals surface area contributed by atoms with Crippen LogP contribution in [0.25, 0.3) is 22.0 Å². The summed E-state index contributed by atoms with van der Waals surface area (Å²) in [4.78, 5) is 23.1. The Morgan fingerprint density at radius 2 is 1.85 bits per heavy atom. The molecule has 7 nitrogen and oxygen atoms in total. The van der Waals surface area contributed by atoms with Crippen LogP contribution in [0.2, 0.25) is 0 Å². The van der Waals surface area contributed by atoms with Crippen LogP contribution in [0.4, 0.5) is 19.1 Å². The highest BCUT2D eigenvalue weighted by molar-refractivity contribution is 6.56. The molecule has 4 rings (SSSR count). The van der Waals surface area contributed by atoms with E-state index in [9.17, 15) is 18.0 Å². The lowest BCUT2D eigenvalue weighted by molar-refractivity contribution is -0.139. The first kappa shape index (κ1) is 24.3. The predicted octanol–water partition coefficient (Wildman–Crippen LogP) is 2.17. The highest BCUT2D eigenvalue weighted by Crippen LogP contribution is 2.26. The first-order chi connectivity index (χ1) is 16.0. The Hall–Kier alpha value is -2.82. The zero-order valence-corrected chi connectivity index (χ0v) is 18.3. The summed E-state index contributed by atoms with van der Waals surface area (Å²) in [5.41, 5.74) is 2.14. The molecule has 34 heavy (non-hydrogen) atoms. The minimum atomic E-state index is -4.17. The summed E-state index contributed by atoms with van der Waals surface area (Å²) in [5.74, 6) is -0.380. The number of anilines is 1. The van der Waals surface area contributed by atoms with E-state index in [0.717, 1.165) is 16.5 Å².